The van der Waals surface area contributed by atoms with Crippen LogP contribution in [0.1, 0.15) is 61.4 Å². The molecular formula is C16H25N3O2S. The van der Waals surface area contributed by atoms with E-state index in [1.165, 1.54) is 11.3 Å². The molecule has 6 heteroatoms. The molecule has 0 aromatic carbocycles. The van der Waals surface area contributed by atoms with Gasteiger partial charge in [-0.3, -0.25) is 4.99 Å². The Kier molecular flexibility index (Phi) is 4.90. The molecule has 2 heterocycles. The van der Waals surface area contributed by atoms with Gasteiger partial charge in [-0.05, 0) is 33.1 Å². The van der Waals surface area contributed by atoms with Gasteiger partial charge in [0.25, 0.3) is 0 Å². The van der Waals surface area contributed by atoms with Crippen LogP contribution in [0.2, 0.25) is 0 Å². The van der Waals surface area contributed by atoms with Gasteiger partial charge in [-0.15, -0.1) is 11.3 Å². The minimum absolute atomic E-state index is 0.0710. The second kappa shape index (κ2) is 6.36. The number of aliphatic imine (C=N–C) groups is 1. The van der Waals surface area contributed by atoms with Crippen LogP contribution in [0.3, 0.4) is 0 Å². The third kappa shape index (κ3) is 4.06. The molecule has 122 valence electrons. The average Bonchev–Trinajstić information content (AvgIpc) is 2.79. The van der Waals surface area contributed by atoms with Gasteiger partial charge in [-0.2, -0.15) is 0 Å². The monoisotopic (exact) mass is 323 g/mol. The van der Waals surface area contributed by atoms with E-state index in [9.17, 15) is 4.79 Å². The lowest BCUT2D eigenvalue weighted by Crippen LogP contribution is -2.36. The molecule has 0 spiro atoms. The van der Waals surface area contributed by atoms with E-state index in [1.54, 1.807) is 0 Å². The van der Waals surface area contributed by atoms with Gasteiger partial charge in [0.2, 0.25) is 5.01 Å². The molecule has 0 bridgehead atoms. The Balaban J connectivity index is 2.12. The first-order chi connectivity index (χ1) is 10.2. The van der Waals surface area contributed by atoms with E-state index in [-0.39, 0.29) is 10.5 Å². The second-order valence-electron chi connectivity index (χ2n) is 6.94. The lowest BCUT2D eigenvalue weighted by Gasteiger charge is -2.31. The molecule has 5 nitrogen and oxygen atoms in total. The number of amidine groups is 1. The topological polar surface area (TPSA) is 65.8 Å². The van der Waals surface area contributed by atoms with Crippen LogP contribution in [0.15, 0.2) is 4.99 Å². The van der Waals surface area contributed by atoms with Crippen LogP contribution in [0, 0.1) is 5.92 Å². The summed E-state index contributed by atoms with van der Waals surface area (Å²) >= 11 is 1.29. The fourth-order valence-corrected chi connectivity index (χ4v) is 4.08. The molecule has 1 aromatic rings. The SMILES string of the molecule is CC(=NC(C)(C)CC(C)C)N1CCc2nc(C(=O)O)sc2C1. The largest absolute Gasteiger partial charge is 0.476 e. The highest BCUT2D eigenvalue weighted by atomic mass is 32.1. The number of nitrogens with zero attached hydrogens (tertiary/aromatic N) is 3. The highest BCUT2D eigenvalue weighted by Gasteiger charge is 2.25. The van der Waals surface area contributed by atoms with E-state index < -0.39 is 5.97 Å². The molecule has 0 saturated heterocycles. The summed E-state index contributed by atoms with van der Waals surface area (Å²) in [6, 6.07) is 0. The third-order valence-electron chi connectivity index (χ3n) is 3.74. The zero-order valence-corrected chi connectivity index (χ0v) is 14.8. The zero-order valence-electron chi connectivity index (χ0n) is 14.0. The van der Waals surface area contributed by atoms with E-state index in [0.29, 0.717) is 12.5 Å². The summed E-state index contributed by atoms with van der Waals surface area (Å²) < 4.78 is 0. The van der Waals surface area contributed by atoms with Crippen molar-refractivity contribution in [1.82, 2.24) is 9.88 Å². The van der Waals surface area contributed by atoms with Crippen LogP contribution in [0.4, 0.5) is 0 Å². The number of hydrogen-bond donors (Lipinski definition) is 1. The summed E-state index contributed by atoms with van der Waals surface area (Å²) in [5.41, 5.74) is 0.867. The standard InChI is InChI=1S/C16H25N3O2S/c1-10(2)8-16(4,5)18-11(3)19-7-6-12-13(9-19)22-14(17-12)15(20)21/h10H,6-9H2,1-5H3,(H,20,21). The number of aromatic carboxylic acids is 1. The summed E-state index contributed by atoms with van der Waals surface area (Å²) in [5, 5.41) is 9.25. The summed E-state index contributed by atoms with van der Waals surface area (Å²) in [4.78, 5) is 23.4. The molecule has 2 rings (SSSR count). The lowest BCUT2D eigenvalue weighted by molar-refractivity contribution is 0.0696. The minimum Gasteiger partial charge on any atom is -0.476 e. The number of thiazole rings is 1. The molecule has 0 aliphatic carbocycles. The maximum absolute atomic E-state index is 11.0. The Hall–Kier alpha value is -1.43. The van der Waals surface area contributed by atoms with Crippen LogP contribution in [-0.4, -0.2) is 38.9 Å². The molecule has 0 unspecified atom stereocenters. The molecule has 1 aliphatic rings. The van der Waals surface area contributed by atoms with Gasteiger partial charge < -0.3 is 10.0 Å². The van der Waals surface area contributed by atoms with E-state index >= 15 is 0 Å². The van der Waals surface area contributed by atoms with Gasteiger partial charge in [0.05, 0.1) is 23.6 Å². The van der Waals surface area contributed by atoms with Crippen LogP contribution < -0.4 is 0 Å². The van der Waals surface area contributed by atoms with Crippen molar-refractivity contribution in [3.05, 3.63) is 15.6 Å². The van der Waals surface area contributed by atoms with Crippen LogP contribution in [0.25, 0.3) is 0 Å². The van der Waals surface area contributed by atoms with Crippen LogP contribution >= 0.6 is 11.3 Å². The van der Waals surface area contributed by atoms with Gasteiger partial charge in [-0.1, -0.05) is 13.8 Å². The van der Waals surface area contributed by atoms with Crippen molar-refractivity contribution in [2.45, 2.75) is 59.5 Å². The normalized spacial score (nSPS) is 16.1. The van der Waals surface area contributed by atoms with Crippen LogP contribution in [0.5, 0.6) is 0 Å². The van der Waals surface area contributed by atoms with Crippen molar-refractivity contribution in [2.24, 2.45) is 10.9 Å². The number of hydrogen-bond acceptors (Lipinski definition) is 4. The van der Waals surface area contributed by atoms with E-state index in [2.05, 4.69) is 37.6 Å². The van der Waals surface area contributed by atoms with Gasteiger partial charge in [0.1, 0.15) is 0 Å². The van der Waals surface area contributed by atoms with E-state index in [1.807, 2.05) is 6.92 Å². The fourth-order valence-electron chi connectivity index (χ4n) is 3.12. The maximum Gasteiger partial charge on any atom is 0.365 e. The summed E-state index contributed by atoms with van der Waals surface area (Å²) in [6.45, 7) is 12.4. The van der Waals surface area contributed by atoms with Crippen molar-refractivity contribution in [1.29, 1.82) is 0 Å². The van der Waals surface area contributed by atoms with Crippen molar-refractivity contribution >= 4 is 23.1 Å². The molecule has 22 heavy (non-hydrogen) atoms. The molecule has 0 saturated carbocycles. The highest BCUT2D eigenvalue weighted by molar-refractivity contribution is 7.13. The maximum atomic E-state index is 11.0. The van der Waals surface area contributed by atoms with Crippen molar-refractivity contribution in [2.75, 3.05) is 6.54 Å². The van der Waals surface area contributed by atoms with Crippen molar-refractivity contribution in [3.63, 3.8) is 0 Å². The molecular weight excluding hydrogens is 298 g/mol. The smallest absolute Gasteiger partial charge is 0.365 e. The molecule has 0 amide bonds. The molecule has 0 atom stereocenters. The molecule has 1 aliphatic heterocycles. The number of carbonyl (C=O) groups is 1. The molecule has 1 aromatic heterocycles. The first kappa shape index (κ1) is 16.9. The van der Waals surface area contributed by atoms with Gasteiger partial charge in [0, 0.05) is 17.8 Å². The number of carboxylic acids is 1. The van der Waals surface area contributed by atoms with E-state index in [0.717, 1.165) is 35.8 Å². The first-order valence-corrected chi connectivity index (χ1v) is 8.53. The summed E-state index contributed by atoms with van der Waals surface area (Å²) in [7, 11) is 0. The van der Waals surface area contributed by atoms with E-state index in [4.69, 9.17) is 10.1 Å². The molecule has 0 fully saturated rings. The number of carboxylic acid groups (broad SMARTS) is 1. The first-order valence-electron chi connectivity index (χ1n) is 7.71. The summed E-state index contributed by atoms with van der Waals surface area (Å²) in [6.07, 6.45) is 1.84. The Labute approximate surface area is 136 Å². The Morgan fingerprint density at radius 2 is 2.18 bits per heavy atom. The quantitative estimate of drug-likeness (QED) is 0.681. The average molecular weight is 323 g/mol. The minimum atomic E-state index is -0.936. The van der Waals surface area contributed by atoms with Gasteiger partial charge in [0.15, 0.2) is 0 Å². The highest BCUT2D eigenvalue weighted by Crippen LogP contribution is 2.27. The predicted molar refractivity (Wildman–Crippen MR) is 89.8 cm³/mol. The number of aromatic nitrogens is 1. The second-order valence-corrected chi connectivity index (χ2v) is 8.02. The fraction of sp³-hybridized carbons (Fsp3) is 0.688. The van der Waals surface area contributed by atoms with Gasteiger partial charge >= 0.3 is 5.97 Å². The third-order valence-corrected chi connectivity index (χ3v) is 4.81. The molecule has 0 radical (unpaired) electrons. The Morgan fingerprint density at radius 1 is 1.50 bits per heavy atom. The van der Waals surface area contributed by atoms with Crippen molar-refractivity contribution in [3.8, 4) is 0 Å². The van der Waals surface area contributed by atoms with Gasteiger partial charge in [-0.25, -0.2) is 9.78 Å². The Morgan fingerprint density at radius 3 is 2.77 bits per heavy atom. The lowest BCUT2D eigenvalue weighted by atomic mass is 9.93. The molecule has 1 N–H and O–H groups in total. The Bertz CT molecular complexity index is 590. The summed E-state index contributed by atoms with van der Waals surface area (Å²) in [5.74, 6) is 0.704. The predicted octanol–water partition coefficient (Wildman–Crippen LogP) is 3.44. The van der Waals surface area contributed by atoms with Crippen LogP contribution in [-0.2, 0) is 13.0 Å². The number of rotatable bonds is 4. The number of fused-ring (bicyclic) bond motifs is 1. The zero-order chi connectivity index (χ0) is 16.5. The van der Waals surface area contributed by atoms with Crippen molar-refractivity contribution < 1.29 is 9.90 Å².